The van der Waals surface area contributed by atoms with Gasteiger partial charge in [0, 0.05) is 22.7 Å². The molecule has 0 spiro atoms. The summed E-state index contributed by atoms with van der Waals surface area (Å²) in [5, 5.41) is 11.3. The standard InChI is InChI=1S/C14H20Cl2O3/c1-3-4-8-12(17)14(19-9-18-2)13-10(15)6-5-7-11(13)16/h5-7,12,14,17H,3-4,8-9H2,1-2H3/t12-,14+/m0/s1. The summed E-state index contributed by atoms with van der Waals surface area (Å²) in [6.45, 7) is 2.15. The Morgan fingerprint density at radius 3 is 2.42 bits per heavy atom. The molecule has 0 unspecified atom stereocenters. The molecule has 19 heavy (non-hydrogen) atoms. The van der Waals surface area contributed by atoms with Crippen LogP contribution in [-0.2, 0) is 9.47 Å². The van der Waals surface area contributed by atoms with E-state index in [0.717, 1.165) is 12.8 Å². The van der Waals surface area contributed by atoms with Crippen LogP contribution in [0.5, 0.6) is 0 Å². The van der Waals surface area contributed by atoms with Crippen LogP contribution in [0.1, 0.15) is 37.9 Å². The normalized spacial score (nSPS) is 14.4. The molecular formula is C14H20Cl2O3. The Morgan fingerprint density at radius 2 is 1.89 bits per heavy atom. The molecule has 0 saturated heterocycles. The minimum absolute atomic E-state index is 0.0788. The van der Waals surface area contributed by atoms with Crippen LogP contribution >= 0.6 is 23.2 Å². The van der Waals surface area contributed by atoms with Gasteiger partial charge in [0.25, 0.3) is 0 Å². The number of aliphatic hydroxyl groups excluding tert-OH is 1. The lowest BCUT2D eigenvalue weighted by Crippen LogP contribution is -2.23. The Balaban J connectivity index is 2.95. The highest BCUT2D eigenvalue weighted by atomic mass is 35.5. The van der Waals surface area contributed by atoms with Crippen molar-refractivity contribution in [2.75, 3.05) is 13.9 Å². The van der Waals surface area contributed by atoms with Crippen LogP contribution in [0.15, 0.2) is 18.2 Å². The Labute approximate surface area is 124 Å². The maximum Gasteiger partial charge on any atom is 0.147 e. The van der Waals surface area contributed by atoms with Gasteiger partial charge >= 0.3 is 0 Å². The van der Waals surface area contributed by atoms with Crippen molar-refractivity contribution in [2.45, 2.75) is 38.4 Å². The van der Waals surface area contributed by atoms with Crippen LogP contribution in [0.25, 0.3) is 0 Å². The maximum atomic E-state index is 10.3. The monoisotopic (exact) mass is 306 g/mol. The van der Waals surface area contributed by atoms with Gasteiger partial charge in [-0.2, -0.15) is 0 Å². The molecule has 0 aliphatic rings. The van der Waals surface area contributed by atoms with Crippen molar-refractivity contribution in [3.8, 4) is 0 Å². The molecule has 0 aliphatic carbocycles. The number of rotatable bonds is 8. The zero-order chi connectivity index (χ0) is 14.3. The van der Waals surface area contributed by atoms with Crippen LogP contribution in [0, 0.1) is 0 Å². The van der Waals surface area contributed by atoms with Crippen molar-refractivity contribution in [1.82, 2.24) is 0 Å². The fraction of sp³-hybridized carbons (Fsp3) is 0.571. The van der Waals surface area contributed by atoms with Gasteiger partial charge in [-0.25, -0.2) is 0 Å². The van der Waals surface area contributed by atoms with Crippen LogP contribution < -0.4 is 0 Å². The molecule has 1 aromatic rings. The summed E-state index contributed by atoms with van der Waals surface area (Å²) in [5.74, 6) is 0. The molecule has 108 valence electrons. The zero-order valence-corrected chi connectivity index (χ0v) is 12.7. The summed E-state index contributed by atoms with van der Waals surface area (Å²) in [5.41, 5.74) is 0.617. The highest BCUT2D eigenvalue weighted by Crippen LogP contribution is 2.35. The number of unbranched alkanes of at least 4 members (excludes halogenated alkanes) is 1. The predicted octanol–water partition coefficient (Wildman–Crippen LogP) is 4.21. The topological polar surface area (TPSA) is 38.7 Å². The Bertz CT molecular complexity index is 365. The number of methoxy groups -OCH3 is 1. The Morgan fingerprint density at radius 1 is 1.26 bits per heavy atom. The van der Waals surface area contributed by atoms with Gasteiger partial charge in [-0.3, -0.25) is 0 Å². The minimum atomic E-state index is -0.660. The summed E-state index contributed by atoms with van der Waals surface area (Å²) >= 11 is 12.3. The molecule has 0 radical (unpaired) electrons. The third-order valence-electron chi connectivity index (χ3n) is 2.85. The molecule has 0 saturated carbocycles. The van der Waals surface area contributed by atoms with Gasteiger partial charge in [0.15, 0.2) is 0 Å². The molecule has 0 aliphatic heterocycles. The number of ether oxygens (including phenoxy) is 2. The average Bonchev–Trinajstić information content (AvgIpc) is 2.39. The second kappa shape index (κ2) is 8.77. The molecule has 1 rings (SSSR count). The van der Waals surface area contributed by atoms with Crippen LogP contribution in [0.3, 0.4) is 0 Å². The van der Waals surface area contributed by atoms with Crippen LogP contribution in [0.2, 0.25) is 10.0 Å². The SMILES string of the molecule is CCCC[C@H](O)[C@@H](OCOC)c1c(Cl)cccc1Cl. The van der Waals surface area contributed by atoms with Crippen molar-refractivity contribution in [2.24, 2.45) is 0 Å². The van der Waals surface area contributed by atoms with Gasteiger partial charge in [-0.1, -0.05) is 49.0 Å². The number of hydrogen-bond acceptors (Lipinski definition) is 3. The largest absolute Gasteiger partial charge is 0.390 e. The third-order valence-corrected chi connectivity index (χ3v) is 3.51. The molecule has 0 fully saturated rings. The lowest BCUT2D eigenvalue weighted by Gasteiger charge is -2.25. The van der Waals surface area contributed by atoms with E-state index in [1.807, 2.05) is 0 Å². The Kier molecular flexibility index (Phi) is 7.73. The number of aliphatic hydroxyl groups is 1. The first-order valence-electron chi connectivity index (χ1n) is 6.34. The summed E-state index contributed by atoms with van der Waals surface area (Å²) in [6, 6.07) is 5.23. The van der Waals surface area contributed by atoms with Crippen molar-refractivity contribution in [1.29, 1.82) is 0 Å². The highest BCUT2D eigenvalue weighted by molar-refractivity contribution is 6.36. The first kappa shape index (κ1) is 16.7. The lowest BCUT2D eigenvalue weighted by atomic mass is 10.00. The van der Waals surface area contributed by atoms with E-state index >= 15 is 0 Å². The van der Waals surface area contributed by atoms with Gasteiger partial charge in [-0.15, -0.1) is 0 Å². The van der Waals surface area contributed by atoms with E-state index in [1.54, 1.807) is 18.2 Å². The molecule has 1 aromatic carbocycles. The molecule has 0 bridgehead atoms. The van der Waals surface area contributed by atoms with Gasteiger partial charge in [0.05, 0.1) is 6.10 Å². The molecule has 2 atom stereocenters. The van der Waals surface area contributed by atoms with Gasteiger partial charge in [-0.05, 0) is 18.6 Å². The quantitative estimate of drug-likeness (QED) is 0.731. The van der Waals surface area contributed by atoms with Crippen molar-refractivity contribution < 1.29 is 14.6 Å². The summed E-state index contributed by atoms with van der Waals surface area (Å²) in [6.07, 6.45) is 1.31. The molecule has 0 aromatic heterocycles. The average molecular weight is 307 g/mol. The van der Waals surface area contributed by atoms with Crippen molar-refractivity contribution in [3.63, 3.8) is 0 Å². The zero-order valence-electron chi connectivity index (χ0n) is 11.2. The number of benzene rings is 1. The van der Waals surface area contributed by atoms with Gasteiger partial charge < -0.3 is 14.6 Å². The third kappa shape index (κ3) is 4.93. The molecule has 0 amide bonds. The van der Waals surface area contributed by atoms with E-state index in [1.165, 1.54) is 7.11 Å². The first-order chi connectivity index (χ1) is 9.11. The van der Waals surface area contributed by atoms with E-state index in [4.69, 9.17) is 32.7 Å². The molecule has 0 heterocycles. The number of halogens is 2. The minimum Gasteiger partial charge on any atom is -0.390 e. The first-order valence-corrected chi connectivity index (χ1v) is 7.09. The Hall–Kier alpha value is -0.320. The van der Waals surface area contributed by atoms with Crippen LogP contribution in [-0.4, -0.2) is 25.1 Å². The van der Waals surface area contributed by atoms with Crippen molar-refractivity contribution in [3.05, 3.63) is 33.8 Å². The van der Waals surface area contributed by atoms with Gasteiger partial charge in [0.1, 0.15) is 12.9 Å². The summed E-state index contributed by atoms with van der Waals surface area (Å²) in [4.78, 5) is 0. The second-order valence-electron chi connectivity index (χ2n) is 4.34. The maximum absolute atomic E-state index is 10.3. The lowest BCUT2D eigenvalue weighted by molar-refractivity contribution is -0.116. The van der Waals surface area contributed by atoms with Crippen LogP contribution in [0.4, 0.5) is 0 Å². The number of hydrogen-bond donors (Lipinski definition) is 1. The molecular weight excluding hydrogens is 287 g/mol. The van der Waals surface area contributed by atoms with E-state index in [0.29, 0.717) is 22.0 Å². The summed E-state index contributed by atoms with van der Waals surface area (Å²) in [7, 11) is 1.53. The van der Waals surface area contributed by atoms with E-state index < -0.39 is 12.2 Å². The fourth-order valence-corrected chi connectivity index (χ4v) is 2.49. The molecule has 5 heteroatoms. The second-order valence-corrected chi connectivity index (χ2v) is 5.15. The smallest absolute Gasteiger partial charge is 0.147 e. The predicted molar refractivity (Wildman–Crippen MR) is 77.7 cm³/mol. The van der Waals surface area contributed by atoms with Crippen molar-refractivity contribution >= 4 is 23.2 Å². The summed E-state index contributed by atoms with van der Waals surface area (Å²) < 4.78 is 10.5. The van der Waals surface area contributed by atoms with E-state index in [9.17, 15) is 5.11 Å². The molecule has 1 N–H and O–H groups in total. The van der Waals surface area contributed by atoms with E-state index in [2.05, 4.69) is 6.92 Å². The van der Waals surface area contributed by atoms with E-state index in [-0.39, 0.29) is 6.79 Å². The van der Waals surface area contributed by atoms with Gasteiger partial charge in [0.2, 0.25) is 0 Å². The fourth-order valence-electron chi connectivity index (χ4n) is 1.88. The molecule has 3 nitrogen and oxygen atoms in total. The highest BCUT2D eigenvalue weighted by Gasteiger charge is 2.26.